The molecule has 1 fully saturated rings. The van der Waals surface area contributed by atoms with E-state index in [0.717, 1.165) is 6.29 Å². The molecule has 0 aromatic carbocycles. The standard InChI is InChI=1S/C7H10O4/c8-3-5-1-6(2-5)11-4-7(9)10/h3,5-6H,1-2,4H2,(H,9,10). The van der Waals surface area contributed by atoms with Gasteiger partial charge in [-0.05, 0) is 12.8 Å². The van der Waals surface area contributed by atoms with E-state index in [1.54, 1.807) is 0 Å². The average molecular weight is 158 g/mol. The van der Waals surface area contributed by atoms with Crippen molar-refractivity contribution in [3.8, 4) is 0 Å². The van der Waals surface area contributed by atoms with Crippen molar-refractivity contribution in [2.75, 3.05) is 6.61 Å². The van der Waals surface area contributed by atoms with Crippen LogP contribution in [0.4, 0.5) is 0 Å². The van der Waals surface area contributed by atoms with Gasteiger partial charge in [0.2, 0.25) is 0 Å². The van der Waals surface area contributed by atoms with Crippen molar-refractivity contribution in [3.05, 3.63) is 0 Å². The monoisotopic (exact) mass is 158 g/mol. The minimum atomic E-state index is -0.959. The topological polar surface area (TPSA) is 63.6 Å². The van der Waals surface area contributed by atoms with Gasteiger partial charge in [0.15, 0.2) is 0 Å². The molecule has 1 saturated carbocycles. The van der Waals surface area contributed by atoms with Crippen molar-refractivity contribution in [2.45, 2.75) is 18.9 Å². The molecule has 4 nitrogen and oxygen atoms in total. The van der Waals surface area contributed by atoms with Crippen LogP contribution in [-0.4, -0.2) is 30.1 Å². The van der Waals surface area contributed by atoms with Gasteiger partial charge in [0, 0.05) is 5.92 Å². The molecule has 62 valence electrons. The number of carbonyl (C=O) groups excluding carboxylic acids is 1. The highest BCUT2D eigenvalue weighted by atomic mass is 16.5. The Hall–Kier alpha value is -0.900. The molecule has 0 aliphatic heterocycles. The van der Waals surface area contributed by atoms with E-state index < -0.39 is 5.97 Å². The molecule has 1 aliphatic carbocycles. The zero-order chi connectivity index (χ0) is 8.27. The van der Waals surface area contributed by atoms with E-state index in [9.17, 15) is 9.59 Å². The number of rotatable bonds is 4. The SMILES string of the molecule is O=CC1CC(OCC(=O)O)C1. The van der Waals surface area contributed by atoms with Gasteiger partial charge in [-0.25, -0.2) is 4.79 Å². The van der Waals surface area contributed by atoms with E-state index in [0.29, 0.717) is 12.8 Å². The zero-order valence-electron chi connectivity index (χ0n) is 6.03. The number of hydrogen-bond donors (Lipinski definition) is 1. The summed E-state index contributed by atoms with van der Waals surface area (Å²) in [5.41, 5.74) is 0. The molecule has 0 atom stereocenters. The highest BCUT2D eigenvalue weighted by Crippen LogP contribution is 2.27. The molecule has 0 amide bonds. The maximum Gasteiger partial charge on any atom is 0.329 e. The maximum absolute atomic E-state index is 10.1. The lowest BCUT2D eigenvalue weighted by molar-refractivity contribution is -0.147. The highest BCUT2D eigenvalue weighted by Gasteiger charge is 2.29. The Kier molecular flexibility index (Phi) is 2.59. The van der Waals surface area contributed by atoms with Crippen LogP contribution >= 0.6 is 0 Å². The molecule has 4 heteroatoms. The van der Waals surface area contributed by atoms with Crippen LogP contribution in [0.5, 0.6) is 0 Å². The van der Waals surface area contributed by atoms with Crippen LogP contribution in [0.15, 0.2) is 0 Å². The maximum atomic E-state index is 10.1. The molecule has 0 bridgehead atoms. The Bertz CT molecular complexity index is 160. The van der Waals surface area contributed by atoms with Gasteiger partial charge < -0.3 is 14.6 Å². The fourth-order valence-electron chi connectivity index (χ4n) is 1.04. The minimum absolute atomic E-state index is 0.0127. The summed E-state index contributed by atoms with van der Waals surface area (Å²) in [5.74, 6) is -0.867. The number of ether oxygens (including phenoxy) is 1. The largest absolute Gasteiger partial charge is 0.480 e. The first-order valence-corrected chi connectivity index (χ1v) is 3.51. The Balaban J connectivity index is 2.04. The second-order valence-electron chi connectivity index (χ2n) is 2.69. The summed E-state index contributed by atoms with van der Waals surface area (Å²) in [5, 5.41) is 8.21. The fourth-order valence-corrected chi connectivity index (χ4v) is 1.04. The van der Waals surface area contributed by atoms with Crippen molar-refractivity contribution in [3.63, 3.8) is 0 Å². The summed E-state index contributed by atoms with van der Waals surface area (Å²) in [7, 11) is 0. The van der Waals surface area contributed by atoms with Crippen molar-refractivity contribution < 1.29 is 19.4 Å². The second-order valence-corrected chi connectivity index (χ2v) is 2.69. The summed E-state index contributed by atoms with van der Waals surface area (Å²) in [6.07, 6.45) is 2.23. The first-order chi connectivity index (χ1) is 5.22. The summed E-state index contributed by atoms with van der Waals surface area (Å²) >= 11 is 0. The van der Waals surface area contributed by atoms with Gasteiger partial charge in [0.05, 0.1) is 6.10 Å². The molecule has 1 aliphatic rings. The van der Waals surface area contributed by atoms with Crippen molar-refractivity contribution in [1.82, 2.24) is 0 Å². The Morgan fingerprint density at radius 1 is 1.64 bits per heavy atom. The Labute approximate surface area is 64.2 Å². The summed E-state index contributed by atoms with van der Waals surface area (Å²) in [6.45, 7) is -0.254. The van der Waals surface area contributed by atoms with Gasteiger partial charge in [-0.1, -0.05) is 0 Å². The molecular formula is C7H10O4. The smallest absolute Gasteiger partial charge is 0.329 e. The highest BCUT2D eigenvalue weighted by molar-refractivity contribution is 5.68. The van der Waals surface area contributed by atoms with E-state index in [1.165, 1.54) is 0 Å². The van der Waals surface area contributed by atoms with Gasteiger partial charge in [0.1, 0.15) is 12.9 Å². The first kappa shape index (κ1) is 8.20. The second kappa shape index (κ2) is 3.48. The van der Waals surface area contributed by atoms with Crippen LogP contribution in [0.25, 0.3) is 0 Å². The Morgan fingerprint density at radius 3 is 2.73 bits per heavy atom. The average Bonchev–Trinajstić information content (AvgIpc) is 1.84. The molecule has 11 heavy (non-hydrogen) atoms. The van der Waals surface area contributed by atoms with Gasteiger partial charge in [-0.2, -0.15) is 0 Å². The lowest BCUT2D eigenvalue weighted by Gasteiger charge is -2.30. The third-order valence-corrected chi connectivity index (χ3v) is 1.77. The summed E-state index contributed by atoms with van der Waals surface area (Å²) in [6, 6.07) is 0. The summed E-state index contributed by atoms with van der Waals surface area (Å²) < 4.78 is 4.91. The predicted octanol–water partition coefficient (Wildman–Crippen LogP) is 0.0651. The van der Waals surface area contributed by atoms with E-state index in [4.69, 9.17) is 9.84 Å². The van der Waals surface area contributed by atoms with Gasteiger partial charge in [0.25, 0.3) is 0 Å². The number of hydrogen-bond acceptors (Lipinski definition) is 3. The third kappa shape index (κ3) is 2.31. The molecule has 0 aromatic rings. The normalized spacial score (nSPS) is 29.1. The van der Waals surface area contributed by atoms with E-state index in [-0.39, 0.29) is 18.6 Å². The van der Waals surface area contributed by atoms with Crippen LogP contribution in [0.3, 0.4) is 0 Å². The van der Waals surface area contributed by atoms with Crippen LogP contribution in [0.1, 0.15) is 12.8 Å². The van der Waals surface area contributed by atoms with Gasteiger partial charge >= 0.3 is 5.97 Å². The van der Waals surface area contributed by atoms with Gasteiger partial charge in [-0.15, -0.1) is 0 Å². The molecule has 0 aromatic heterocycles. The number of aliphatic carboxylic acids is 1. The van der Waals surface area contributed by atoms with Gasteiger partial charge in [-0.3, -0.25) is 0 Å². The molecule has 0 spiro atoms. The molecule has 0 saturated heterocycles. The molecule has 0 unspecified atom stereocenters. The van der Waals surface area contributed by atoms with E-state index in [2.05, 4.69) is 0 Å². The first-order valence-electron chi connectivity index (χ1n) is 3.51. The molecule has 0 radical (unpaired) electrons. The molecule has 1 rings (SSSR count). The van der Waals surface area contributed by atoms with E-state index >= 15 is 0 Å². The number of carbonyl (C=O) groups is 2. The van der Waals surface area contributed by atoms with Crippen molar-refractivity contribution in [2.24, 2.45) is 5.92 Å². The predicted molar refractivity (Wildman–Crippen MR) is 36.2 cm³/mol. The number of aldehydes is 1. The molecule has 0 heterocycles. The van der Waals surface area contributed by atoms with Crippen LogP contribution in [0, 0.1) is 5.92 Å². The van der Waals surface area contributed by atoms with E-state index in [1.807, 2.05) is 0 Å². The fraction of sp³-hybridized carbons (Fsp3) is 0.714. The molecule has 1 N–H and O–H groups in total. The minimum Gasteiger partial charge on any atom is -0.480 e. The summed E-state index contributed by atoms with van der Waals surface area (Å²) in [4.78, 5) is 20.1. The lowest BCUT2D eigenvalue weighted by Crippen LogP contribution is -2.33. The van der Waals surface area contributed by atoms with Crippen LogP contribution in [0.2, 0.25) is 0 Å². The quantitative estimate of drug-likeness (QED) is 0.588. The van der Waals surface area contributed by atoms with Crippen molar-refractivity contribution >= 4 is 12.3 Å². The number of carboxylic acids is 1. The molecular weight excluding hydrogens is 148 g/mol. The van der Waals surface area contributed by atoms with Crippen LogP contribution in [-0.2, 0) is 14.3 Å². The Morgan fingerprint density at radius 2 is 2.27 bits per heavy atom. The van der Waals surface area contributed by atoms with Crippen molar-refractivity contribution in [1.29, 1.82) is 0 Å². The third-order valence-electron chi connectivity index (χ3n) is 1.77. The lowest BCUT2D eigenvalue weighted by atomic mass is 9.83. The van der Waals surface area contributed by atoms with Crippen LogP contribution < -0.4 is 0 Å². The number of carboxylic acid groups (broad SMARTS) is 1. The zero-order valence-corrected chi connectivity index (χ0v) is 6.03.